The van der Waals surface area contributed by atoms with E-state index in [1.807, 2.05) is 0 Å². The van der Waals surface area contributed by atoms with Crippen LogP contribution in [0.15, 0.2) is 52.9 Å². The Balaban J connectivity index is 1.87. The van der Waals surface area contributed by atoms with Crippen molar-refractivity contribution in [2.75, 3.05) is 0 Å². The molecule has 0 amide bonds. The van der Waals surface area contributed by atoms with Gasteiger partial charge in [-0.15, -0.1) is 10.2 Å². The number of aliphatic hydroxyl groups excluding tert-OH is 1. The van der Waals surface area contributed by atoms with Crippen molar-refractivity contribution in [3.05, 3.63) is 71.1 Å². The van der Waals surface area contributed by atoms with E-state index in [0.29, 0.717) is 16.7 Å². The SMILES string of the molecule is OC(c1nnc(-c2ccccc2Cc2ccc(C(F)(F)F)cc2)o1)C(F)(F)F. The van der Waals surface area contributed by atoms with E-state index in [1.165, 1.54) is 18.2 Å². The first-order valence-corrected chi connectivity index (χ1v) is 7.88. The van der Waals surface area contributed by atoms with Crippen LogP contribution < -0.4 is 0 Å². The van der Waals surface area contributed by atoms with Gasteiger partial charge in [-0.3, -0.25) is 0 Å². The van der Waals surface area contributed by atoms with E-state index in [4.69, 9.17) is 4.42 Å². The van der Waals surface area contributed by atoms with Crippen molar-refractivity contribution in [3.63, 3.8) is 0 Å². The number of nitrogens with zero attached hydrogens (tertiary/aromatic N) is 2. The average Bonchev–Trinajstić information content (AvgIpc) is 3.10. The number of benzene rings is 2. The van der Waals surface area contributed by atoms with Crippen molar-refractivity contribution < 1.29 is 35.9 Å². The van der Waals surface area contributed by atoms with Gasteiger partial charge in [0.2, 0.25) is 12.0 Å². The second-order valence-corrected chi connectivity index (χ2v) is 5.92. The maximum atomic E-state index is 12.7. The summed E-state index contributed by atoms with van der Waals surface area (Å²) in [5, 5.41) is 16.0. The van der Waals surface area contributed by atoms with Crippen LogP contribution in [-0.2, 0) is 12.6 Å². The second kappa shape index (κ2) is 7.27. The molecule has 1 unspecified atom stereocenters. The summed E-state index contributed by atoms with van der Waals surface area (Å²) in [6.07, 6.45) is -12.1. The number of rotatable bonds is 4. The normalized spacial score (nSPS) is 13.5. The zero-order chi connectivity index (χ0) is 20.5. The van der Waals surface area contributed by atoms with Gasteiger partial charge in [-0.2, -0.15) is 26.3 Å². The predicted molar refractivity (Wildman–Crippen MR) is 85.0 cm³/mol. The molecule has 0 radical (unpaired) electrons. The number of aliphatic hydroxyl groups is 1. The molecule has 0 spiro atoms. The highest BCUT2D eigenvalue weighted by Gasteiger charge is 2.43. The fraction of sp³-hybridized carbons (Fsp3) is 0.222. The van der Waals surface area contributed by atoms with E-state index in [-0.39, 0.29) is 12.3 Å². The van der Waals surface area contributed by atoms with E-state index in [2.05, 4.69) is 10.2 Å². The van der Waals surface area contributed by atoms with Crippen molar-refractivity contribution in [2.24, 2.45) is 0 Å². The first-order valence-electron chi connectivity index (χ1n) is 7.88. The smallest absolute Gasteiger partial charge is 0.417 e. The van der Waals surface area contributed by atoms with Gasteiger partial charge in [0.15, 0.2) is 0 Å². The summed E-state index contributed by atoms with van der Waals surface area (Å²) in [4.78, 5) is 0. The molecule has 3 aromatic rings. The molecule has 3 rings (SSSR count). The number of alkyl halides is 6. The molecule has 0 aliphatic heterocycles. The van der Waals surface area contributed by atoms with Crippen molar-refractivity contribution in [1.82, 2.24) is 10.2 Å². The second-order valence-electron chi connectivity index (χ2n) is 5.92. The lowest BCUT2D eigenvalue weighted by Crippen LogP contribution is -2.20. The van der Waals surface area contributed by atoms with Gasteiger partial charge in [0.25, 0.3) is 5.89 Å². The number of halogens is 6. The van der Waals surface area contributed by atoms with Gasteiger partial charge in [0, 0.05) is 5.56 Å². The monoisotopic (exact) mass is 402 g/mol. The van der Waals surface area contributed by atoms with Crippen LogP contribution in [0.25, 0.3) is 11.5 Å². The van der Waals surface area contributed by atoms with Crippen LogP contribution in [0.1, 0.15) is 28.7 Å². The Morgan fingerprint density at radius 3 is 2.14 bits per heavy atom. The topological polar surface area (TPSA) is 59.2 Å². The molecule has 148 valence electrons. The molecule has 0 saturated heterocycles. The Bertz CT molecular complexity index is 948. The maximum absolute atomic E-state index is 12.7. The molecule has 2 aromatic carbocycles. The van der Waals surface area contributed by atoms with Crippen LogP contribution in [0.2, 0.25) is 0 Å². The van der Waals surface area contributed by atoms with E-state index >= 15 is 0 Å². The minimum absolute atomic E-state index is 0.188. The predicted octanol–water partition coefficient (Wildman–Crippen LogP) is 4.94. The summed E-state index contributed by atoms with van der Waals surface area (Å²) in [6, 6.07) is 10.9. The van der Waals surface area contributed by atoms with Gasteiger partial charge >= 0.3 is 12.4 Å². The van der Waals surface area contributed by atoms with Gasteiger partial charge in [0.1, 0.15) is 0 Å². The third kappa shape index (κ3) is 4.33. The van der Waals surface area contributed by atoms with Crippen LogP contribution in [0.3, 0.4) is 0 Å². The lowest BCUT2D eigenvalue weighted by Gasteiger charge is -2.10. The molecule has 4 nitrogen and oxygen atoms in total. The molecule has 1 N–H and O–H groups in total. The fourth-order valence-electron chi connectivity index (χ4n) is 2.51. The number of hydrogen-bond acceptors (Lipinski definition) is 4. The van der Waals surface area contributed by atoms with Gasteiger partial charge in [-0.25, -0.2) is 0 Å². The number of aromatic nitrogens is 2. The van der Waals surface area contributed by atoms with Crippen LogP contribution in [-0.4, -0.2) is 21.5 Å². The molecule has 0 aliphatic rings. The van der Waals surface area contributed by atoms with Crippen molar-refractivity contribution in [1.29, 1.82) is 0 Å². The zero-order valence-electron chi connectivity index (χ0n) is 13.9. The van der Waals surface area contributed by atoms with Gasteiger partial charge in [0.05, 0.1) is 5.56 Å². The molecule has 10 heteroatoms. The van der Waals surface area contributed by atoms with Crippen LogP contribution in [0, 0.1) is 0 Å². The average molecular weight is 402 g/mol. The van der Waals surface area contributed by atoms with Crippen molar-refractivity contribution in [2.45, 2.75) is 24.9 Å². The highest BCUT2D eigenvalue weighted by atomic mass is 19.4. The lowest BCUT2D eigenvalue weighted by atomic mass is 9.99. The van der Waals surface area contributed by atoms with Gasteiger partial charge in [-0.1, -0.05) is 30.3 Å². The molecular formula is C18H12F6N2O2. The Kier molecular flexibility index (Phi) is 5.16. The summed E-state index contributed by atoms with van der Waals surface area (Å²) in [5.41, 5.74) is 0.636. The summed E-state index contributed by atoms with van der Waals surface area (Å²) in [5.74, 6) is -1.23. The minimum Gasteiger partial charge on any atom is -0.417 e. The minimum atomic E-state index is -4.95. The number of hydrogen-bond donors (Lipinski definition) is 1. The maximum Gasteiger partial charge on any atom is 0.423 e. The molecule has 0 saturated carbocycles. The highest BCUT2D eigenvalue weighted by Crippen LogP contribution is 2.34. The lowest BCUT2D eigenvalue weighted by molar-refractivity contribution is -0.213. The molecule has 28 heavy (non-hydrogen) atoms. The first-order chi connectivity index (χ1) is 13.1. The summed E-state index contributed by atoms with van der Waals surface area (Å²) >= 11 is 0. The quantitative estimate of drug-likeness (QED) is 0.628. The third-order valence-corrected chi connectivity index (χ3v) is 3.91. The van der Waals surface area contributed by atoms with Crippen LogP contribution in [0.5, 0.6) is 0 Å². The van der Waals surface area contributed by atoms with Crippen LogP contribution in [0.4, 0.5) is 26.3 Å². The zero-order valence-corrected chi connectivity index (χ0v) is 13.9. The fourth-order valence-corrected chi connectivity index (χ4v) is 2.51. The largest absolute Gasteiger partial charge is 0.423 e. The van der Waals surface area contributed by atoms with E-state index in [9.17, 15) is 31.4 Å². The Morgan fingerprint density at radius 2 is 1.54 bits per heavy atom. The molecule has 0 aliphatic carbocycles. The molecule has 1 atom stereocenters. The van der Waals surface area contributed by atoms with Crippen molar-refractivity contribution in [3.8, 4) is 11.5 Å². The standard InChI is InChI=1S/C18H12F6N2O2/c19-17(20,21)12-7-5-10(6-8-12)9-11-3-1-2-4-13(11)15-25-26-16(28-15)14(27)18(22,23)24/h1-8,14,27H,9H2. The van der Waals surface area contributed by atoms with Gasteiger partial charge in [-0.05, 0) is 35.7 Å². The summed E-state index contributed by atoms with van der Waals surface area (Å²) in [6.45, 7) is 0. The molecule has 1 aromatic heterocycles. The van der Waals surface area contributed by atoms with E-state index in [1.54, 1.807) is 18.2 Å². The third-order valence-electron chi connectivity index (χ3n) is 3.91. The Labute approximate surface area is 154 Å². The molecular weight excluding hydrogens is 390 g/mol. The van der Waals surface area contributed by atoms with E-state index < -0.39 is 29.9 Å². The van der Waals surface area contributed by atoms with Gasteiger partial charge < -0.3 is 9.52 Å². The van der Waals surface area contributed by atoms with Crippen LogP contribution >= 0.6 is 0 Å². The molecule has 0 fully saturated rings. The molecule has 0 bridgehead atoms. The summed E-state index contributed by atoms with van der Waals surface area (Å²) in [7, 11) is 0. The molecule has 1 heterocycles. The highest BCUT2D eigenvalue weighted by molar-refractivity contribution is 5.59. The first kappa shape index (κ1) is 19.9. The Hall–Kier alpha value is -2.88. The summed E-state index contributed by atoms with van der Waals surface area (Å²) < 4.78 is 80.6. The Morgan fingerprint density at radius 1 is 0.893 bits per heavy atom. The van der Waals surface area contributed by atoms with E-state index in [0.717, 1.165) is 12.1 Å². The van der Waals surface area contributed by atoms with Crippen molar-refractivity contribution >= 4 is 0 Å².